The van der Waals surface area contributed by atoms with Crippen molar-refractivity contribution >= 4 is 23.5 Å². The summed E-state index contributed by atoms with van der Waals surface area (Å²) in [6.07, 6.45) is 3.07. The molecule has 1 N–H and O–H groups in total. The summed E-state index contributed by atoms with van der Waals surface area (Å²) < 4.78 is 1.45. The van der Waals surface area contributed by atoms with Crippen molar-refractivity contribution in [3.63, 3.8) is 0 Å². The molecule has 0 atom stereocenters. The summed E-state index contributed by atoms with van der Waals surface area (Å²) in [5, 5.41) is 12.9. The molecular formula is C12H13N5O2S. The van der Waals surface area contributed by atoms with Crippen molar-refractivity contribution in [2.24, 2.45) is 0 Å². The molecule has 0 amide bonds. The Bertz CT molecular complexity index is 624. The van der Waals surface area contributed by atoms with Crippen LogP contribution in [0.25, 0.3) is 5.82 Å². The number of carbonyl (C=O) groups is 1. The first kappa shape index (κ1) is 12.9. The first-order valence-corrected chi connectivity index (χ1v) is 7.33. The van der Waals surface area contributed by atoms with E-state index in [1.165, 1.54) is 17.1 Å². The number of carboxylic acids is 1. The molecule has 0 aliphatic carbocycles. The Labute approximate surface area is 119 Å². The van der Waals surface area contributed by atoms with Crippen LogP contribution >= 0.6 is 11.8 Å². The maximum atomic E-state index is 10.8. The molecule has 1 fully saturated rings. The number of anilines is 1. The van der Waals surface area contributed by atoms with Gasteiger partial charge in [0, 0.05) is 36.9 Å². The van der Waals surface area contributed by atoms with Crippen LogP contribution in [0.1, 0.15) is 10.5 Å². The van der Waals surface area contributed by atoms with Crippen LogP contribution in [-0.2, 0) is 0 Å². The lowest BCUT2D eigenvalue weighted by Crippen LogP contribution is -2.33. The Balaban J connectivity index is 1.87. The van der Waals surface area contributed by atoms with Crippen molar-refractivity contribution in [3.05, 3.63) is 30.4 Å². The van der Waals surface area contributed by atoms with Crippen LogP contribution < -0.4 is 4.90 Å². The lowest BCUT2D eigenvalue weighted by Gasteiger charge is -2.27. The first-order chi connectivity index (χ1) is 9.74. The van der Waals surface area contributed by atoms with Crippen molar-refractivity contribution < 1.29 is 9.90 Å². The zero-order valence-corrected chi connectivity index (χ0v) is 11.5. The highest BCUT2D eigenvalue weighted by Gasteiger charge is 2.14. The molecule has 104 valence electrons. The van der Waals surface area contributed by atoms with E-state index in [4.69, 9.17) is 5.11 Å². The molecule has 1 saturated heterocycles. The number of aromatic nitrogens is 4. The molecule has 1 aliphatic rings. The Morgan fingerprint density at radius 1 is 1.25 bits per heavy atom. The summed E-state index contributed by atoms with van der Waals surface area (Å²) in [5.41, 5.74) is -0.000431. The fourth-order valence-corrected chi connectivity index (χ4v) is 2.90. The summed E-state index contributed by atoms with van der Waals surface area (Å²) in [6, 6.07) is 3.27. The lowest BCUT2D eigenvalue weighted by atomic mass is 10.4. The van der Waals surface area contributed by atoms with E-state index in [0.717, 1.165) is 30.4 Å². The smallest absolute Gasteiger partial charge is 0.356 e. The molecule has 0 bridgehead atoms. The number of hydrogen-bond acceptors (Lipinski definition) is 6. The number of rotatable bonds is 3. The van der Waals surface area contributed by atoms with Gasteiger partial charge in [-0.1, -0.05) is 0 Å². The number of nitrogens with zero attached hydrogens (tertiary/aromatic N) is 5. The summed E-state index contributed by atoms with van der Waals surface area (Å²) in [6.45, 7) is 1.92. The number of thioether (sulfide) groups is 1. The van der Waals surface area contributed by atoms with Crippen molar-refractivity contribution in [2.45, 2.75) is 0 Å². The highest BCUT2D eigenvalue weighted by Crippen LogP contribution is 2.18. The van der Waals surface area contributed by atoms with Gasteiger partial charge in [0.1, 0.15) is 12.1 Å². The van der Waals surface area contributed by atoms with E-state index in [0.29, 0.717) is 5.82 Å². The summed E-state index contributed by atoms with van der Waals surface area (Å²) in [5.74, 6) is 2.55. The van der Waals surface area contributed by atoms with Gasteiger partial charge in [0.25, 0.3) is 0 Å². The van der Waals surface area contributed by atoms with E-state index in [9.17, 15) is 4.79 Å². The van der Waals surface area contributed by atoms with Gasteiger partial charge in [-0.2, -0.15) is 16.9 Å². The minimum absolute atomic E-state index is 0.000431. The first-order valence-electron chi connectivity index (χ1n) is 6.18. The molecule has 0 unspecified atom stereocenters. The predicted octanol–water partition coefficient (Wildman–Crippen LogP) is 0.914. The van der Waals surface area contributed by atoms with E-state index in [1.807, 2.05) is 17.8 Å². The monoisotopic (exact) mass is 291 g/mol. The van der Waals surface area contributed by atoms with Gasteiger partial charge in [0.15, 0.2) is 11.5 Å². The maximum Gasteiger partial charge on any atom is 0.356 e. The number of carboxylic acid groups (broad SMARTS) is 1. The third kappa shape index (κ3) is 2.60. The summed E-state index contributed by atoms with van der Waals surface area (Å²) in [4.78, 5) is 21.5. The molecule has 2 aromatic heterocycles. The van der Waals surface area contributed by atoms with Crippen LogP contribution in [0.15, 0.2) is 24.7 Å². The second-order valence-electron chi connectivity index (χ2n) is 4.28. The highest BCUT2D eigenvalue weighted by atomic mass is 32.2. The fourth-order valence-electron chi connectivity index (χ4n) is 1.99. The second-order valence-corrected chi connectivity index (χ2v) is 5.51. The van der Waals surface area contributed by atoms with E-state index in [1.54, 1.807) is 6.20 Å². The Morgan fingerprint density at radius 2 is 2.00 bits per heavy atom. The quantitative estimate of drug-likeness (QED) is 0.899. The molecule has 3 rings (SSSR count). The summed E-state index contributed by atoms with van der Waals surface area (Å²) >= 11 is 1.93. The Morgan fingerprint density at radius 3 is 2.70 bits per heavy atom. The van der Waals surface area contributed by atoms with Gasteiger partial charge >= 0.3 is 5.97 Å². The molecule has 0 aromatic carbocycles. The fraction of sp³-hybridized carbons (Fsp3) is 0.333. The third-order valence-corrected chi connectivity index (χ3v) is 3.96. The largest absolute Gasteiger partial charge is 0.476 e. The van der Waals surface area contributed by atoms with E-state index < -0.39 is 5.97 Å². The van der Waals surface area contributed by atoms with Crippen molar-refractivity contribution in [1.29, 1.82) is 0 Å². The van der Waals surface area contributed by atoms with Crippen LogP contribution in [0.3, 0.4) is 0 Å². The number of aromatic carboxylic acids is 1. The van der Waals surface area contributed by atoms with Crippen LogP contribution in [-0.4, -0.2) is 55.4 Å². The van der Waals surface area contributed by atoms with Crippen LogP contribution in [0.4, 0.5) is 5.82 Å². The molecule has 2 aromatic rings. The van der Waals surface area contributed by atoms with Crippen LogP contribution in [0, 0.1) is 0 Å². The minimum atomic E-state index is -1.05. The molecule has 1 aliphatic heterocycles. The van der Waals surface area contributed by atoms with Gasteiger partial charge in [-0.25, -0.2) is 19.4 Å². The maximum absolute atomic E-state index is 10.8. The third-order valence-electron chi connectivity index (χ3n) is 3.02. The standard InChI is InChI=1S/C12H13N5O2S/c18-12(19)9-1-2-17(15-9)11-7-10(13-8-14-11)16-3-5-20-6-4-16/h1-2,7-8H,3-6H2,(H,18,19). The van der Waals surface area contributed by atoms with E-state index >= 15 is 0 Å². The predicted molar refractivity (Wildman–Crippen MR) is 75.7 cm³/mol. The van der Waals surface area contributed by atoms with Gasteiger partial charge < -0.3 is 10.0 Å². The van der Waals surface area contributed by atoms with Crippen molar-refractivity contribution in [1.82, 2.24) is 19.7 Å². The van der Waals surface area contributed by atoms with Gasteiger partial charge in [-0.05, 0) is 6.07 Å². The molecule has 7 nitrogen and oxygen atoms in total. The minimum Gasteiger partial charge on any atom is -0.476 e. The van der Waals surface area contributed by atoms with E-state index in [2.05, 4.69) is 20.0 Å². The zero-order chi connectivity index (χ0) is 13.9. The van der Waals surface area contributed by atoms with Crippen LogP contribution in [0.5, 0.6) is 0 Å². The topological polar surface area (TPSA) is 84.1 Å². The van der Waals surface area contributed by atoms with Gasteiger partial charge in [0.2, 0.25) is 0 Å². The van der Waals surface area contributed by atoms with Gasteiger partial charge in [-0.3, -0.25) is 0 Å². The average molecular weight is 291 g/mol. The molecule has 0 radical (unpaired) electrons. The molecular weight excluding hydrogens is 278 g/mol. The molecule has 0 saturated carbocycles. The second kappa shape index (κ2) is 5.49. The Hall–Kier alpha value is -2.09. The van der Waals surface area contributed by atoms with Crippen molar-refractivity contribution in [2.75, 3.05) is 29.5 Å². The molecule has 3 heterocycles. The van der Waals surface area contributed by atoms with E-state index in [-0.39, 0.29) is 5.69 Å². The molecule has 0 spiro atoms. The Kier molecular flexibility index (Phi) is 3.55. The highest BCUT2D eigenvalue weighted by molar-refractivity contribution is 7.99. The van der Waals surface area contributed by atoms with Crippen molar-refractivity contribution in [3.8, 4) is 5.82 Å². The zero-order valence-electron chi connectivity index (χ0n) is 10.6. The average Bonchev–Trinajstić information content (AvgIpc) is 2.98. The van der Waals surface area contributed by atoms with Crippen LogP contribution in [0.2, 0.25) is 0 Å². The molecule has 20 heavy (non-hydrogen) atoms. The SMILES string of the molecule is O=C(O)c1ccn(-c2cc(N3CCSCC3)ncn2)n1. The van der Waals surface area contributed by atoms with Gasteiger partial charge in [0.05, 0.1) is 0 Å². The molecule has 8 heteroatoms. The van der Waals surface area contributed by atoms with Gasteiger partial charge in [-0.15, -0.1) is 0 Å². The summed E-state index contributed by atoms with van der Waals surface area (Å²) in [7, 11) is 0. The number of hydrogen-bond donors (Lipinski definition) is 1. The lowest BCUT2D eigenvalue weighted by molar-refractivity contribution is 0.0690. The normalized spacial score (nSPS) is 15.3.